The van der Waals surface area contributed by atoms with E-state index in [9.17, 15) is 18.0 Å². The van der Waals surface area contributed by atoms with Crippen molar-refractivity contribution in [3.05, 3.63) is 24.3 Å². The summed E-state index contributed by atoms with van der Waals surface area (Å²) >= 11 is 0. The van der Waals surface area contributed by atoms with Crippen molar-refractivity contribution in [1.82, 2.24) is 5.32 Å². The molecule has 5 nitrogen and oxygen atoms in total. The summed E-state index contributed by atoms with van der Waals surface area (Å²) in [6.45, 7) is 0.433. The number of hydrogen-bond donors (Lipinski definition) is 3. The molecule has 0 bridgehead atoms. The topological polar surface area (TPSA) is 70.6 Å². The van der Waals surface area contributed by atoms with Crippen LogP contribution in [0.2, 0.25) is 0 Å². The minimum atomic E-state index is -4.42. The lowest BCUT2D eigenvalue weighted by atomic mass is 10.2. The smallest absolute Gasteiger partial charge is 0.422 e. The first-order valence-corrected chi connectivity index (χ1v) is 6.82. The highest BCUT2D eigenvalue weighted by Gasteiger charge is 2.28. The summed E-state index contributed by atoms with van der Waals surface area (Å²) in [6.07, 6.45) is -3.33. The Kier molecular flexibility index (Phi) is 6.97. The van der Waals surface area contributed by atoms with E-state index in [4.69, 9.17) is 5.11 Å². The van der Waals surface area contributed by atoms with Gasteiger partial charge in [-0.05, 0) is 25.0 Å². The summed E-state index contributed by atoms with van der Waals surface area (Å²) in [5.41, 5.74) is 0.316. The molecule has 2 amide bonds. The van der Waals surface area contributed by atoms with Gasteiger partial charge in [0.15, 0.2) is 6.61 Å². The number of anilines is 1. The van der Waals surface area contributed by atoms with Crippen LogP contribution in [-0.2, 0) is 0 Å². The van der Waals surface area contributed by atoms with Gasteiger partial charge in [-0.2, -0.15) is 13.2 Å². The Hall–Kier alpha value is -1.96. The van der Waals surface area contributed by atoms with Gasteiger partial charge in [-0.3, -0.25) is 0 Å². The second-order valence-corrected chi connectivity index (χ2v) is 4.65. The lowest BCUT2D eigenvalue weighted by Crippen LogP contribution is -2.38. The molecular weight excluding hydrogens is 301 g/mol. The molecule has 22 heavy (non-hydrogen) atoms. The van der Waals surface area contributed by atoms with Gasteiger partial charge in [0.05, 0.1) is 0 Å². The molecule has 0 aliphatic carbocycles. The van der Waals surface area contributed by atoms with E-state index in [0.717, 1.165) is 0 Å². The molecule has 0 radical (unpaired) electrons. The zero-order chi connectivity index (χ0) is 16.6. The largest absolute Gasteiger partial charge is 0.484 e. The SMILES string of the molecule is CC[C@H](CCO)NC(=O)Nc1cccc(OCC(F)(F)F)c1. The quantitative estimate of drug-likeness (QED) is 0.723. The Bertz CT molecular complexity index is 481. The van der Waals surface area contributed by atoms with E-state index >= 15 is 0 Å². The summed E-state index contributed by atoms with van der Waals surface area (Å²) in [7, 11) is 0. The van der Waals surface area contributed by atoms with Gasteiger partial charge in [0.2, 0.25) is 0 Å². The molecule has 0 fully saturated rings. The average Bonchev–Trinajstić information content (AvgIpc) is 2.44. The molecular formula is C14H19F3N2O3. The van der Waals surface area contributed by atoms with Crippen molar-refractivity contribution in [3.8, 4) is 5.75 Å². The first kappa shape index (κ1) is 18.1. The highest BCUT2D eigenvalue weighted by atomic mass is 19.4. The lowest BCUT2D eigenvalue weighted by Gasteiger charge is -2.16. The molecule has 1 aromatic rings. The van der Waals surface area contributed by atoms with Crippen molar-refractivity contribution < 1.29 is 27.8 Å². The number of halogens is 3. The zero-order valence-corrected chi connectivity index (χ0v) is 12.1. The van der Waals surface area contributed by atoms with Gasteiger partial charge in [0.25, 0.3) is 0 Å². The van der Waals surface area contributed by atoms with E-state index in [1.807, 2.05) is 6.92 Å². The number of rotatable bonds is 7. The van der Waals surface area contributed by atoms with E-state index in [1.54, 1.807) is 0 Å². The van der Waals surface area contributed by atoms with Crippen LogP contribution in [0.15, 0.2) is 24.3 Å². The molecule has 1 rings (SSSR count). The van der Waals surface area contributed by atoms with Crippen molar-refractivity contribution in [3.63, 3.8) is 0 Å². The summed E-state index contributed by atoms with van der Waals surface area (Å²) in [4.78, 5) is 11.8. The molecule has 1 aromatic carbocycles. The molecule has 1 atom stereocenters. The first-order chi connectivity index (χ1) is 10.3. The number of hydrogen-bond acceptors (Lipinski definition) is 3. The fraction of sp³-hybridized carbons (Fsp3) is 0.500. The Morgan fingerprint density at radius 2 is 2.14 bits per heavy atom. The zero-order valence-electron chi connectivity index (χ0n) is 12.1. The third-order valence-corrected chi connectivity index (χ3v) is 2.80. The maximum Gasteiger partial charge on any atom is 0.422 e. The molecule has 0 aromatic heterocycles. The second-order valence-electron chi connectivity index (χ2n) is 4.65. The van der Waals surface area contributed by atoms with Crippen LogP contribution in [0.3, 0.4) is 0 Å². The molecule has 0 saturated carbocycles. The van der Waals surface area contributed by atoms with Gasteiger partial charge in [0.1, 0.15) is 5.75 Å². The Morgan fingerprint density at radius 3 is 2.73 bits per heavy atom. The number of ether oxygens (including phenoxy) is 1. The van der Waals surface area contributed by atoms with Crippen LogP contribution >= 0.6 is 0 Å². The van der Waals surface area contributed by atoms with Gasteiger partial charge >= 0.3 is 12.2 Å². The Labute approximate surface area is 126 Å². The molecule has 0 spiro atoms. The van der Waals surface area contributed by atoms with Crippen LogP contribution in [0.4, 0.5) is 23.7 Å². The van der Waals surface area contributed by atoms with Crippen molar-refractivity contribution in [2.45, 2.75) is 32.0 Å². The fourth-order valence-corrected chi connectivity index (χ4v) is 1.72. The van der Waals surface area contributed by atoms with Crippen molar-refractivity contribution in [1.29, 1.82) is 0 Å². The van der Waals surface area contributed by atoms with E-state index in [-0.39, 0.29) is 18.4 Å². The predicted molar refractivity (Wildman–Crippen MR) is 75.9 cm³/mol. The van der Waals surface area contributed by atoms with Crippen molar-refractivity contribution >= 4 is 11.7 Å². The number of aliphatic hydroxyl groups excluding tert-OH is 1. The maximum absolute atomic E-state index is 12.1. The van der Waals surface area contributed by atoms with E-state index < -0.39 is 18.8 Å². The lowest BCUT2D eigenvalue weighted by molar-refractivity contribution is -0.153. The summed E-state index contributed by atoms with van der Waals surface area (Å²) in [5.74, 6) is 0.0116. The monoisotopic (exact) mass is 320 g/mol. The number of carbonyl (C=O) groups excluding carboxylic acids is 1. The van der Waals surface area contributed by atoms with Crippen LogP contribution in [-0.4, -0.2) is 36.6 Å². The summed E-state index contributed by atoms with van der Waals surface area (Å²) < 4.78 is 40.8. The van der Waals surface area contributed by atoms with Gasteiger partial charge in [-0.1, -0.05) is 13.0 Å². The minimum absolute atomic E-state index is 0.0116. The highest BCUT2D eigenvalue weighted by Crippen LogP contribution is 2.21. The summed E-state index contributed by atoms with van der Waals surface area (Å²) in [5, 5.41) is 14.0. The van der Waals surface area contributed by atoms with Crippen LogP contribution in [0.5, 0.6) is 5.75 Å². The Morgan fingerprint density at radius 1 is 1.41 bits per heavy atom. The maximum atomic E-state index is 12.1. The summed E-state index contributed by atoms with van der Waals surface area (Å²) in [6, 6.07) is 5.02. The van der Waals surface area contributed by atoms with Crippen LogP contribution < -0.4 is 15.4 Å². The molecule has 0 aliphatic heterocycles. The Balaban J connectivity index is 2.56. The number of amides is 2. The van der Waals surface area contributed by atoms with E-state index in [1.165, 1.54) is 24.3 Å². The molecule has 124 valence electrons. The molecule has 0 heterocycles. The molecule has 3 N–H and O–H groups in total. The van der Waals surface area contributed by atoms with E-state index in [2.05, 4.69) is 15.4 Å². The van der Waals surface area contributed by atoms with Gasteiger partial charge in [0, 0.05) is 24.4 Å². The number of urea groups is 1. The fourth-order valence-electron chi connectivity index (χ4n) is 1.72. The third kappa shape index (κ3) is 7.16. The van der Waals surface area contributed by atoms with Gasteiger partial charge in [-0.25, -0.2) is 4.79 Å². The highest BCUT2D eigenvalue weighted by molar-refractivity contribution is 5.89. The van der Waals surface area contributed by atoms with Gasteiger partial charge in [-0.15, -0.1) is 0 Å². The molecule has 0 unspecified atom stereocenters. The van der Waals surface area contributed by atoms with Crippen LogP contribution in [0.1, 0.15) is 19.8 Å². The van der Waals surface area contributed by atoms with Crippen LogP contribution in [0, 0.1) is 0 Å². The molecule has 0 aliphatic rings. The standard InChI is InChI=1S/C14H19F3N2O3/c1-2-10(6-7-20)18-13(21)19-11-4-3-5-12(8-11)22-9-14(15,16)17/h3-5,8,10,20H,2,6-7,9H2,1H3,(H2,18,19,21)/t10-/m1/s1. The second kappa shape index (κ2) is 8.47. The molecule has 8 heteroatoms. The number of aliphatic hydroxyl groups is 1. The first-order valence-electron chi connectivity index (χ1n) is 6.82. The third-order valence-electron chi connectivity index (χ3n) is 2.80. The number of alkyl halides is 3. The number of nitrogens with one attached hydrogen (secondary N) is 2. The van der Waals surface area contributed by atoms with E-state index in [0.29, 0.717) is 18.5 Å². The predicted octanol–water partition coefficient (Wildman–Crippen LogP) is 2.91. The number of benzene rings is 1. The average molecular weight is 320 g/mol. The van der Waals surface area contributed by atoms with Gasteiger partial charge < -0.3 is 20.5 Å². The van der Waals surface area contributed by atoms with Crippen molar-refractivity contribution in [2.24, 2.45) is 0 Å². The normalized spacial score (nSPS) is 12.6. The molecule has 0 saturated heterocycles. The number of carbonyl (C=O) groups is 1. The van der Waals surface area contributed by atoms with Crippen LogP contribution in [0.25, 0.3) is 0 Å². The minimum Gasteiger partial charge on any atom is -0.484 e. The van der Waals surface area contributed by atoms with Crippen molar-refractivity contribution in [2.75, 3.05) is 18.5 Å².